The fourth-order valence-corrected chi connectivity index (χ4v) is 6.77. The lowest BCUT2D eigenvalue weighted by Crippen LogP contribution is -2.44. The van der Waals surface area contributed by atoms with Crippen LogP contribution in [0.2, 0.25) is 5.02 Å². The lowest BCUT2D eigenvalue weighted by atomic mass is 9.63. The Kier molecular flexibility index (Phi) is 7.90. The lowest BCUT2D eigenvalue weighted by molar-refractivity contribution is -0.120. The molecule has 2 aromatic carbocycles. The summed E-state index contributed by atoms with van der Waals surface area (Å²) in [4.78, 5) is 43.0. The van der Waals surface area contributed by atoms with Gasteiger partial charge in [-0.3, -0.25) is 14.4 Å². The highest BCUT2D eigenvalue weighted by Gasteiger charge is 2.49. The maximum atomic E-state index is 14.0. The summed E-state index contributed by atoms with van der Waals surface area (Å²) in [5.74, 6) is -0.342. The monoisotopic (exact) mass is 574 g/mol. The van der Waals surface area contributed by atoms with Crippen molar-refractivity contribution < 1.29 is 19.1 Å². The summed E-state index contributed by atoms with van der Waals surface area (Å²) in [5.41, 5.74) is 4.31. The van der Waals surface area contributed by atoms with Gasteiger partial charge in [-0.25, -0.2) is 0 Å². The molecule has 2 aromatic rings. The Balaban J connectivity index is 1.62. The highest BCUT2D eigenvalue weighted by atomic mass is 35.5. The molecule has 0 aromatic heterocycles. The molecule has 1 N–H and O–H groups in total. The van der Waals surface area contributed by atoms with Gasteiger partial charge in [-0.2, -0.15) is 0 Å². The van der Waals surface area contributed by atoms with E-state index in [2.05, 4.69) is 44.8 Å². The van der Waals surface area contributed by atoms with E-state index in [9.17, 15) is 14.4 Å². The van der Waals surface area contributed by atoms with E-state index in [1.54, 1.807) is 18.2 Å². The van der Waals surface area contributed by atoms with Gasteiger partial charge in [0.25, 0.3) is 5.91 Å². The minimum Gasteiger partial charge on any atom is -0.483 e. The Morgan fingerprint density at radius 2 is 1.51 bits per heavy atom. The first kappa shape index (κ1) is 29.1. The van der Waals surface area contributed by atoms with Gasteiger partial charge in [-0.05, 0) is 60.4 Å². The molecule has 0 atom stereocenters. The molecule has 1 aliphatic heterocycles. The average molecular weight is 575 g/mol. The van der Waals surface area contributed by atoms with Crippen LogP contribution in [-0.4, -0.2) is 35.5 Å². The third-order valence-electron chi connectivity index (χ3n) is 8.17. The maximum Gasteiger partial charge on any atom is 0.262 e. The summed E-state index contributed by atoms with van der Waals surface area (Å²) < 4.78 is 6.11. The van der Waals surface area contributed by atoms with Gasteiger partial charge in [0.15, 0.2) is 18.2 Å². The van der Waals surface area contributed by atoms with Crippen LogP contribution < -0.4 is 10.1 Å². The summed E-state index contributed by atoms with van der Waals surface area (Å²) in [6, 6.07) is 14.4. The number of hydrogen-bond donors (Lipinski definition) is 1. The second-order valence-corrected chi connectivity index (χ2v) is 13.5. The molecule has 0 saturated carbocycles. The van der Waals surface area contributed by atoms with Crippen LogP contribution in [0, 0.1) is 10.8 Å². The number of carbonyl (C=O) groups is 3. The highest BCUT2D eigenvalue weighted by Crippen LogP contribution is 2.55. The Hall–Kier alpha value is -3.38. The van der Waals surface area contributed by atoms with E-state index in [0.29, 0.717) is 46.0 Å². The summed E-state index contributed by atoms with van der Waals surface area (Å²) >= 11 is 6.55. The first-order chi connectivity index (χ1) is 19.4. The zero-order valence-corrected chi connectivity index (χ0v) is 25.4. The number of anilines is 1. The van der Waals surface area contributed by atoms with Crippen molar-refractivity contribution in [2.45, 2.75) is 72.6 Å². The number of ether oxygens (including phenoxy) is 1. The Bertz CT molecular complexity index is 1400. The minimum absolute atomic E-state index is 0.0549. The van der Waals surface area contributed by atoms with Crippen LogP contribution in [0.15, 0.2) is 71.1 Å². The molecule has 1 amide bonds. The van der Waals surface area contributed by atoms with Gasteiger partial charge < -0.3 is 15.0 Å². The van der Waals surface area contributed by atoms with Crippen molar-refractivity contribution in [3.05, 3.63) is 81.7 Å². The second kappa shape index (κ2) is 11.1. The van der Waals surface area contributed by atoms with Gasteiger partial charge in [0.2, 0.25) is 0 Å². The molecule has 6 nitrogen and oxygen atoms in total. The van der Waals surface area contributed by atoms with Crippen LogP contribution in [0.5, 0.6) is 5.75 Å². The summed E-state index contributed by atoms with van der Waals surface area (Å²) in [6.07, 6.45) is 3.18. The van der Waals surface area contributed by atoms with E-state index in [4.69, 9.17) is 16.3 Å². The Morgan fingerprint density at radius 3 is 2.07 bits per heavy atom. The molecule has 0 fully saturated rings. The van der Waals surface area contributed by atoms with Crippen LogP contribution in [-0.2, 0) is 14.4 Å². The predicted molar refractivity (Wildman–Crippen MR) is 162 cm³/mol. The van der Waals surface area contributed by atoms with Crippen molar-refractivity contribution in [3.63, 3.8) is 0 Å². The number of benzene rings is 2. The van der Waals surface area contributed by atoms with Crippen molar-refractivity contribution in [2.24, 2.45) is 10.8 Å². The maximum absolute atomic E-state index is 14.0. The average Bonchev–Trinajstić information content (AvgIpc) is 2.88. The standard InChI is InChI=1S/C34H39ClN2O4/c1-6-14-37-24-16-33(2,3)18-26(38)31(24)30(32-25(37)17-34(4,5)19-27(32)39)23-15-21(35)12-13-28(23)41-20-29(40)36-22-10-8-7-9-11-22/h7-13,15,30H,6,14,16-20H2,1-5H3,(H,36,40). The van der Waals surface area contributed by atoms with Gasteiger partial charge >= 0.3 is 0 Å². The highest BCUT2D eigenvalue weighted by molar-refractivity contribution is 6.30. The molecule has 0 spiro atoms. The molecule has 0 bridgehead atoms. The number of amides is 1. The number of halogens is 1. The molecule has 5 rings (SSSR count). The summed E-state index contributed by atoms with van der Waals surface area (Å²) in [5, 5.41) is 3.32. The van der Waals surface area contributed by atoms with Crippen LogP contribution in [0.1, 0.15) is 78.2 Å². The first-order valence-electron chi connectivity index (χ1n) is 14.5. The zero-order chi connectivity index (χ0) is 29.5. The molecule has 216 valence electrons. The van der Waals surface area contributed by atoms with Gasteiger partial charge in [0.05, 0.1) is 0 Å². The zero-order valence-electron chi connectivity index (χ0n) is 24.6. The quantitative estimate of drug-likeness (QED) is 0.371. The summed E-state index contributed by atoms with van der Waals surface area (Å²) in [6.45, 7) is 11.2. The molecule has 3 aliphatic rings. The van der Waals surface area contributed by atoms with Gasteiger partial charge in [0, 0.05) is 64.1 Å². The number of nitrogens with one attached hydrogen (secondary N) is 1. The molecule has 7 heteroatoms. The molecule has 1 heterocycles. The van der Waals surface area contributed by atoms with E-state index in [1.807, 2.05) is 30.3 Å². The van der Waals surface area contributed by atoms with Gasteiger partial charge in [-0.1, -0.05) is 64.4 Å². The first-order valence-corrected chi connectivity index (χ1v) is 14.8. The SMILES string of the molecule is CCCN1C2=C(C(=O)CC(C)(C)C2)C(c2cc(Cl)ccc2OCC(=O)Nc2ccccc2)C2=C1CC(C)(C)CC2=O. The van der Waals surface area contributed by atoms with Crippen molar-refractivity contribution in [1.82, 2.24) is 4.90 Å². The molecule has 0 unspecified atom stereocenters. The van der Waals surface area contributed by atoms with E-state index >= 15 is 0 Å². The fourth-order valence-electron chi connectivity index (χ4n) is 6.59. The van der Waals surface area contributed by atoms with E-state index in [-0.39, 0.29) is 34.9 Å². The largest absolute Gasteiger partial charge is 0.483 e. The fraction of sp³-hybridized carbons (Fsp3) is 0.441. The number of nitrogens with zero attached hydrogens (tertiary/aromatic N) is 1. The number of carbonyl (C=O) groups excluding carboxylic acids is 3. The topological polar surface area (TPSA) is 75.7 Å². The van der Waals surface area contributed by atoms with Crippen molar-refractivity contribution in [3.8, 4) is 5.75 Å². The van der Waals surface area contributed by atoms with Crippen molar-refractivity contribution in [1.29, 1.82) is 0 Å². The number of hydrogen-bond acceptors (Lipinski definition) is 5. The van der Waals surface area contributed by atoms with Crippen LogP contribution in [0.25, 0.3) is 0 Å². The molecule has 0 radical (unpaired) electrons. The number of para-hydroxylation sites is 1. The van der Waals surface area contributed by atoms with Gasteiger partial charge in [-0.15, -0.1) is 0 Å². The summed E-state index contributed by atoms with van der Waals surface area (Å²) in [7, 11) is 0. The van der Waals surface area contributed by atoms with Crippen molar-refractivity contribution in [2.75, 3.05) is 18.5 Å². The smallest absolute Gasteiger partial charge is 0.262 e. The van der Waals surface area contributed by atoms with E-state index in [0.717, 1.165) is 37.2 Å². The molecule has 41 heavy (non-hydrogen) atoms. The number of rotatable bonds is 7. The van der Waals surface area contributed by atoms with Crippen molar-refractivity contribution >= 4 is 34.8 Å². The third-order valence-corrected chi connectivity index (χ3v) is 8.40. The Morgan fingerprint density at radius 1 is 0.927 bits per heavy atom. The molecular formula is C34H39ClN2O4. The van der Waals surface area contributed by atoms with Crippen LogP contribution >= 0.6 is 11.6 Å². The van der Waals surface area contributed by atoms with Gasteiger partial charge in [0.1, 0.15) is 5.75 Å². The second-order valence-electron chi connectivity index (χ2n) is 13.1. The predicted octanol–water partition coefficient (Wildman–Crippen LogP) is 7.45. The molecular weight excluding hydrogens is 536 g/mol. The molecule has 0 saturated heterocycles. The molecule has 2 aliphatic carbocycles. The lowest BCUT2D eigenvalue weighted by Gasteiger charge is -2.49. The van der Waals surface area contributed by atoms with E-state index < -0.39 is 5.92 Å². The normalized spacial score (nSPS) is 20.1. The number of Topliss-reactive ketones (excluding diaryl/α,β-unsaturated/α-hetero) is 2. The van der Waals surface area contributed by atoms with Crippen LogP contribution in [0.4, 0.5) is 5.69 Å². The minimum atomic E-state index is -0.591. The Labute approximate surface area is 247 Å². The van der Waals surface area contributed by atoms with E-state index in [1.165, 1.54) is 0 Å². The third kappa shape index (κ3) is 5.99. The van der Waals surface area contributed by atoms with Crippen LogP contribution in [0.3, 0.4) is 0 Å². The number of allylic oxidation sites excluding steroid dienone is 4. The number of ketones is 2.